The Hall–Kier alpha value is -1.43. The molecule has 384 valence electrons. The van der Waals surface area contributed by atoms with Crippen LogP contribution in [0.15, 0.2) is 36.5 Å². The van der Waals surface area contributed by atoms with E-state index in [0.717, 1.165) is 38.5 Å². The van der Waals surface area contributed by atoms with Gasteiger partial charge in [-0.15, -0.1) is 0 Å². The first-order chi connectivity index (χ1) is 32.0. The molecule has 1 amide bonds. The van der Waals surface area contributed by atoms with Gasteiger partial charge >= 0.3 is 0 Å². The Bertz CT molecular complexity index is 1010. The van der Waals surface area contributed by atoms with E-state index in [1.54, 1.807) is 6.08 Å². The van der Waals surface area contributed by atoms with Gasteiger partial charge in [-0.1, -0.05) is 301 Å². The normalized spacial score (nSPS) is 13.5. The van der Waals surface area contributed by atoms with Crippen molar-refractivity contribution in [2.75, 3.05) is 6.61 Å². The summed E-state index contributed by atoms with van der Waals surface area (Å²) in [7, 11) is 0. The van der Waals surface area contributed by atoms with E-state index in [4.69, 9.17) is 0 Å². The van der Waals surface area contributed by atoms with Gasteiger partial charge in [0.2, 0.25) is 5.91 Å². The van der Waals surface area contributed by atoms with E-state index in [1.165, 1.54) is 250 Å². The molecule has 0 aromatic carbocycles. The fourth-order valence-electron chi connectivity index (χ4n) is 9.20. The van der Waals surface area contributed by atoms with Crippen LogP contribution in [-0.4, -0.2) is 46.1 Å². The second-order valence-electron chi connectivity index (χ2n) is 20.2. The van der Waals surface area contributed by atoms with Crippen LogP contribution in [0.3, 0.4) is 0 Å². The van der Waals surface area contributed by atoms with Gasteiger partial charge < -0.3 is 20.6 Å². The molecular formula is C60H115NO4. The lowest BCUT2D eigenvalue weighted by Gasteiger charge is -2.21. The molecule has 4 N–H and O–H groups in total. The fourth-order valence-corrected chi connectivity index (χ4v) is 9.20. The highest BCUT2D eigenvalue weighted by molar-refractivity contribution is 5.76. The molecule has 0 fully saturated rings. The summed E-state index contributed by atoms with van der Waals surface area (Å²) in [6.07, 6.45) is 72.1. The van der Waals surface area contributed by atoms with E-state index in [2.05, 4.69) is 43.5 Å². The quantitative estimate of drug-likeness (QED) is 0.0361. The topological polar surface area (TPSA) is 89.8 Å². The molecule has 0 aliphatic rings. The molecule has 0 saturated carbocycles. The van der Waals surface area contributed by atoms with Gasteiger partial charge in [-0.2, -0.15) is 0 Å². The predicted molar refractivity (Wildman–Crippen MR) is 287 cm³/mol. The first-order valence-corrected chi connectivity index (χ1v) is 29.3. The van der Waals surface area contributed by atoms with Crippen molar-refractivity contribution in [2.24, 2.45) is 0 Å². The number of rotatable bonds is 54. The second kappa shape index (κ2) is 55.2. The van der Waals surface area contributed by atoms with Crippen LogP contribution in [0.1, 0.15) is 316 Å². The smallest absolute Gasteiger partial charge is 0.222 e. The number of amides is 1. The lowest BCUT2D eigenvalue weighted by atomic mass is 10.0. The molecule has 0 rings (SSSR count). The Labute approximate surface area is 406 Å². The van der Waals surface area contributed by atoms with Crippen molar-refractivity contribution < 1.29 is 20.1 Å². The Kier molecular flexibility index (Phi) is 54.0. The van der Waals surface area contributed by atoms with Crippen LogP contribution in [0.4, 0.5) is 0 Å². The number of carbonyl (C=O) groups excluding carboxylic acids is 1. The third kappa shape index (κ3) is 51.8. The van der Waals surface area contributed by atoms with E-state index >= 15 is 0 Å². The zero-order chi connectivity index (χ0) is 47.2. The molecule has 0 aliphatic heterocycles. The molecule has 65 heavy (non-hydrogen) atoms. The van der Waals surface area contributed by atoms with Crippen molar-refractivity contribution in [1.82, 2.24) is 5.32 Å². The van der Waals surface area contributed by atoms with Gasteiger partial charge in [-0.05, 0) is 44.9 Å². The summed E-state index contributed by atoms with van der Waals surface area (Å²) >= 11 is 0. The van der Waals surface area contributed by atoms with E-state index in [-0.39, 0.29) is 18.9 Å². The van der Waals surface area contributed by atoms with Crippen LogP contribution in [0.25, 0.3) is 0 Å². The largest absolute Gasteiger partial charge is 0.394 e. The fraction of sp³-hybridized carbons (Fsp3) is 0.883. The molecule has 0 saturated heterocycles. The van der Waals surface area contributed by atoms with Crippen LogP contribution in [0.5, 0.6) is 0 Å². The van der Waals surface area contributed by atoms with Gasteiger partial charge in [-0.25, -0.2) is 0 Å². The molecule has 0 spiro atoms. The minimum Gasteiger partial charge on any atom is -0.394 e. The van der Waals surface area contributed by atoms with Crippen molar-refractivity contribution in [3.05, 3.63) is 36.5 Å². The maximum absolute atomic E-state index is 12.5. The van der Waals surface area contributed by atoms with Gasteiger partial charge in [0.1, 0.15) is 0 Å². The van der Waals surface area contributed by atoms with Crippen LogP contribution >= 0.6 is 0 Å². The number of carbonyl (C=O) groups is 1. The minimum absolute atomic E-state index is 0.00577. The molecule has 0 aliphatic carbocycles. The second-order valence-corrected chi connectivity index (χ2v) is 20.2. The molecule has 3 atom stereocenters. The first kappa shape index (κ1) is 63.6. The van der Waals surface area contributed by atoms with Crippen LogP contribution in [-0.2, 0) is 4.79 Å². The number of hydrogen-bond acceptors (Lipinski definition) is 4. The van der Waals surface area contributed by atoms with Crippen molar-refractivity contribution in [3.8, 4) is 0 Å². The SMILES string of the molecule is CCCCCCCCCCCCC/C=C/CC/C=C/CC/C=C/C(O)C(CO)NC(=O)CC(O)CCCCCCCCCCCCCCCCCCCCCCCCCCCCCCC. The Morgan fingerprint density at radius 2 is 0.662 bits per heavy atom. The number of allylic oxidation sites excluding steroid dienone is 5. The van der Waals surface area contributed by atoms with Crippen LogP contribution in [0.2, 0.25) is 0 Å². The molecular weight excluding hydrogens is 799 g/mol. The van der Waals surface area contributed by atoms with E-state index < -0.39 is 18.2 Å². The molecule has 3 unspecified atom stereocenters. The molecule has 5 heteroatoms. The highest BCUT2D eigenvalue weighted by Gasteiger charge is 2.20. The van der Waals surface area contributed by atoms with Gasteiger partial charge in [0, 0.05) is 0 Å². The number of nitrogens with one attached hydrogen (secondary N) is 1. The molecule has 0 aromatic heterocycles. The predicted octanol–water partition coefficient (Wildman–Crippen LogP) is 18.2. The van der Waals surface area contributed by atoms with Crippen molar-refractivity contribution in [2.45, 2.75) is 334 Å². The van der Waals surface area contributed by atoms with Crippen LogP contribution in [0, 0.1) is 0 Å². The lowest BCUT2D eigenvalue weighted by Crippen LogP contribution is -2.45. The third-order valence-corrected chi connectivity index (χ3v) is 13.7. The van der Waals surface area contributed by atoms with Gasteiger partial charge in [0.05, 0.1) is 31.3 Å². The number of hydrogen-bond donors (Lipinski definition) is 4. The molecule has 0 radical (unpaired) electrons. The minimum atomic E-state index is -0.959. The number of unbranched alkanes of at least 4 members (excludes halogenated alkanes) is 41. The molecule has 0 aromatic rings. The maximum Gasteiger partial charge on any atom is 0.222 e. The first-order valence-electron chi connectivity index (χ1n) is 29.3. The highest BCUT2D eigenvalue weighted by Crippen LogP contribution is 2.18. The summed E-state index contributed by atoms with van der Waals surface area (Å²) in [5, 5.41) is 33.4. The Balaban J connectivity index is 3.57. The zero-order valence-corrected chi connectivity index (χ0v) is 43.9. The summed E-state index contributed by atoms with van der Waals surface area (Å²) in [6, 6.07) is -0.767. The van der Waals surface area contributed by atoms with Gasteiger partial charge in [-0.3, -0.25) is 4.79 Å². The van der Waals surface area contributed by atoms with Crippen molar-refractivity contribution in [1.29, 1.82) is 0 Å². The number of aliphatic hydroxyl groups excluding tert-OH is 3. The Morgan fingerprint density at radius 3 is 0.985 bits per heavy atom. The summed E-state index contributed by atoms with van der Waals surface area (Å²) < 4.78 is 0. The molecule has 0 bridgehead atoms. The van der Waals surface area contributed by atoms with E-state index in [0.29, 0.717) is 6.42 Å². The summed E-state index contributed by atoms with van der Waals surface area (Å²) in [4.78, 5) is 12.5. The third-order valence-electron chi connectivity index (χ3n) is 13.7. The Morgan fingerprint density at radius 1 is 0.385 bits per heavy atom. The standard InChI is InChI=1S/C60H115NO4/c1-3-5-7-9-11-13-15-17-19-21-23-25-26-27-28-29-30-31-32-34-35-37-39-41-43-45-47-49-51-53-57(63)55-60(65)61-58(56-62)59(64)54-52-50-48-46-44-42-40-38-36-33-24-22-20-18-16-14-12-10-8-6-4-2/h36,38,44,46,52,54,57-59,62-64H,3-35,37,39-43,45,47-51,53,55-56H2,1-2H3,(H,61,65)/b38-36+,46-44+,54-52+. The van der Waals surface area contributed by atoms with Crippen LogP contribution < -0.4 is 5.32 Å². The summed E-state index contributed by atoms with van der Waals surface area (Å²) in [6.45, 7) is 4.23. The summed E-state index contributed by atoms with van der Waals surface area (Å²) in [5.74, 6) is -0.324. The molecule has 0 heterocycles. The van der Waals surface area contributed by atoms with Crippen molar-refractivity contribution >= 4 is 5.91 Å². The molecule has 5 nitrogen and oxygen atoms in total. The lowest BCUT2D eigenvalue weighted by molar-refractivity contribution is -0.124. The average Bonchev–Trinajstić information content (AvgIpc) is 3.30. The van der Waals surface area contributed by atoms with E-state index in [9.17, 15) is 20.1 Å². The maximum atomic E-state index is 12.5. The van der Waals surface area contributed by atoms with E-state index in [1.807, 2.05) is 6.08 Å². The number of aliphatic hydroxyl groups is 3. The van der Waals surface area contributed by atoms with Gasteiger partial charge in [0.25, 0.3) is 0 Å². The monoisotopic (exact) mass is 914 g/mol. The average molecular weight is 915 g/mol. The van der Waals surface area contributed by atoms with Crippen molar-refractivity contribution in [3.63, 3.8) is 0 Å². The highest BCUT2D eigenvalue weighted by atomic mass is 16.3. The zero-order valence-electron chi connectivity index (χ0n) is 43.9. The summed E-state index contributed by atoms with van der Waals surface area (Å²) in [5.41, 5.74) is 0. The van der Waals surface area contributed by atoms with Gasteiger partial charge in [0.15, 0.2) is 0 Å².